The van der Waals surface area contributed by atoms with Crippen molar-refractivity contribution < 1.29 is 4.79 Å². The lowest BCUT2D eigenvalue weighted by Gasteiger charge is -2.25. The van der Waals surface area contributed by atoms with E-state index in [1.807, 2.05) is 0 Å². The van der Waals surface area contributed by atoms with Crippen molar-refractivity contribution in [2.45, 2.75) is 51.1 Å². The summed E-state index contributed by atoms with van der Waals surface area (Å²) in [5, 5.41) is 3.07. The molecule has 0 spiro atoms. The molecule has 2 rings (SSSR count). The van der Waals surface area contributed by atoms with Crippen LogP contribution in [-0.4, -0.2) is 42.5 Å². The van der Waals surface area contributed by atoms with Crippen molar-refractivity contribution in [3.8, 4) is 0 Å². The zero-order valence-corrected chi connectivity index (χ0v) is 10.8. The van der Waals surface area contributed by atoms with Gasteiger partial charge in [-0.3, -0.25) is 9.69 Å². The molecular weight excluding hydrogens is 214 g/mol. The average Bonchev–Trinajstić information content (AvgIpc) is 2.95. The molecule has 98 valence electrons. The minimum Gasteiger partial charge on any atom is -0.354 e. The Hall–Kier alpha value is -0.610. The van der Waals surface area contributed by atoms with Crippen LogP contribution in [0.1, 0.15) is 39.0 Å². The van der Waals surface area contributed by atoms with E-state index >= 15 is 0 Å². The van der Waals surface area contributed by atoms with Gasteiger partial charge in [0.25, 0.3) is 0 Å². The van der Waals surface area contributed by atoms with Gasteiger partial charge in [0.2, 0.25) is 5.91 Å². The third-order valence-electron chi connectivity index (χ3n) is 4.24. The number of rotatable bonds is 4. The molecule has 0 aromatic heterocycles. The van der Waals surface area contributed by atoms with Gasteiger partial charge in [-0.1, -0.05) is 6.42 Å². The van der Waals surface area contributed by atoms with Crippen molar-refractivity contribution in [3.05, 3.63) is 0 Å². The number of nitrogens with zero attached hydrogens (tertiary/aromatic N) is 1. The normalized spacial score (nSPS) is 31.6. The molecule has 3 unspecified atom stereocenters. The van der Waals surface area contributed by atoms with E-state index in [-0.39, 0.29) is 17.9 Å². The van der Waals surface area contributed by atoms with Gasteiger partial charge in [0.15, 0.2) is 0 Å². The molecule has 17 heavy (non-hydrogen) atoms. The maximum Gasteiger partial charge on any atom is 0.224 e. The Bertz CT molecular complexity index is 263. The van der Waals surface area contributed by atoms with E-state index in [1.54, 1.807) is 0 Å². The van der Waals surface area contributed by atoms with E-state index in [0.29, 0.717) is 6.04 Å². The standard InChI is InChI=1S/C13H25N3O/c1-10(16-7-2-3-8-16)9-15-13(17)11-5-4-6-12(11)14/h10-12H,2-9,14H2,1H3,(H,15,17). The van der Waals surface area contributed by atoms with Crippen LogP contribution in [0.3, 0.4) is 0 Å². The summed E-state index contributed by atoms with van der Waals surface area (Å²) >= 11 is 0. The van der Waals surface area contributed by atoms with Gasteiger partial charge >= 0.3 is 0 Å². The molecule has 1 saturated carbocycles. The Labute approximate surface area is 104 Å². The lowest BCUT2D eigenvalue weighted by molar-refractivity contribution is -0.125. The molecule has 1 saturated heterocycles. The Kier molecular flexibility index (Phi) is 4.40. The van der Waals surface area contributed by atoms with Crippen LogP contribution in [0.4, 0.5) is 0 Å². The molecular formula is C13H25N3O. The number of likely N-dealkylation sites (tertiary alicyclic amines) is 1. The van der Waals surface area contributed by atoms with Crippen LogP contribution in [0, 0.1) is 5.92 Å². The maximum absolute atomic E-state index is 12.0. The third kappa shape index (κ3) is 3.19. The highest BCUT2D eigenvalue weighted by Gasteiger charge is 2.30. The minimum absolute atomic E-state index is 0.0563. The molecule has 3 atom stereocenters. The molecule has 1 aliphatic carbocycles. The van der Waals surface area contributed by atoms with Gasteiger partial charge in [-0.2, -0.15) is 0 Å². The van der Waals surface area contributed by atoms with Crippen molar-refractivity contribution >= 4 is 5.91 Å². The van der Waals surface area contributed by atoms with E-state index in [2.05, 4.69) is 17.1 Å². The van der Waals surface area contributed by atoms with Crippen molar-refractivity contribution in [1.82, 2.24) is 10.2 Å². The number of amides is 1. The fourth-order valence-electron chi connectivity index (χ4n) is 3.01. The SMILES string of the molecule is CC(CNC(=O)C1CCCC1N)N1CCCC1. The van der Waals surface area contributed by atoms with Crippen LogP contribution < -0.4 is 11.1 Å². The van der Waals surface area contributed by atoms with E-state index in [4.69, 9.17) is 5.73 Å². The van der Waals surface area contributed by atoms with Crippen LogP contribution in [0.5, 0.6) is 0 Å². The lowest BCUT2D eigenvalue weighted by atomic mass is 10.0. The first kappa shape index (κ1) is 12.8. The topological polar surface area (TPSA) is 58.4 Å². The summed E-state index contributed by atoms with van der Waals surface area (Å²) in [6.45, 7) is 5.32. The second kappa shape index (κ2) is 5.83. The fourth-order valence-corrected chi connectivity index (χ4v) is 3.01. The highest BCUT2D eigenvalue weighted by atomic mass is 16.1. The zero-order chi connectivity index (χ0) is 12.3. The average molecular weight is 239 g/mol. The number of carbonyl (C=O) groups excluding carboxylic acids is 1. The number of hydrogen-bond acceptors (Lipinski definition) is 3. The summed E-state index contributed by atoms with van der Waals surface area (Å²) in [6, 6.07) is 0.538. The van der Waals surface area contributed by atoms with Gasteiger partial charge < -0.3 is 11.1 Å². The lowest BCUT2D eigenvalue weighted by Crippen LogP contribution is -2.45. The predicted octanol–water partition coefficient (Wildman–Crippen LogP) is 0.714. The first-order valence-corrected chi connectivity index (χ1v) is 6.96. The quantitative estimate of drug-likeness (QED) is 0.760. The molecule has 4 nitrogen and oxygen atoms in total. The predicted molar refractivity (Wildman–Crippen MR) is 68.6 cm³/mol. The fraction of sp³-hybridized carbons (Fsp3) is 0.923. The first-order valence-electron chi connectivity index (χ1n) is 6.96. The summed E-state index contributed by atoms with van der Waals surface area (Å²) in [6.07, 6.45) is 5.66. The van der Waals surface area contributed by atoms with Gasteiger partial charge in [-0.05, 0) is 45.7 Å². The van der Waals surface area contributed by atoms with E-state index in [0.717, 1.165) is 25.8 Å². The molecule has 0 aromatic carbocycles. The minimum atomic E-state index is 0.0563. The molecule has 2 aliphatic rings. The van der Waals surface area contributed by atoms with E-state index in [1.165, 1.54) is 25.9 Å². The summed E-state index contributed by atoms with van der Waals surface area (Å²) in [7, 11) is 0. The molecule has 1 heterocycles. The molecule has 0 aromatic rings. The molecule has 0 bridgehead atoms. The summed E-state index contributed by atoms with van der Waals surface area (Å²) in [5.41, 5.74) is 5.94. The number of hydrogen-bond donors (Lipinski definition) is 2. The molecule has 3 N–H and O–H groups in total. The molecule has 4 heteroatoms. The van der Waals surface area contributed by atoms with Crippen LogP contribution >= 0.6 is 0 Å². The molecule has 0 radical (unpaired) electrons. The summed E-state index contributed by atoms with van der Waals surface area (Å²) in [4.78, 5) is 14.4. The molecule has 1 amide bonds. The van der Waals surface area contributed by atoms with Crippen molar-refractivity contribution in [3.63, 3.8) is 0 Å². The van der Waals surface area contributed by atoms with Crippen molar-refractivity contribution in [2.24, 2.45) is 11.7 Å². The smallest absolute Gasteiger partial charge is 0.224 e. The van der Waals surface area contributed by atoms with Gasteiger partial charge in [0.05, 0.1) is 5.92 Å². The van der Waals surface area contributed by atoms with Crippen molar-refractivity contribution in [2.75, 3.05) is 19.6 Å². The Morgan fingerprint density at radius 2 is 2.06 bits per heavy atom. The largest absolute Gasteiger partial charge is 0.354 e. The van der Waals surface area contributed by atoms with Gasteiger partial charge in [-0.25, -0.2) is 0 Å². The zero-order valence-electron chi connectivity index (χ0n) is 10.8. The van der Waals surface area contributed by atoms with Gasteiger partial charge in [0, 0.05) is 18.6 Å². The van der Waals surface area contributed by atoms with Crippen LogP contribution in [-0.2, 0) is 4.79 Å². The Morgan fingerprint density at radius 3 is 2.65 bits per heavy atom. The van der Waals surface area contributed by atoms with Crippen LogP contribution in [0.2, 0.25) is 0 Å². The van der Waals surface area contributed by atoms with Crippen LogP contribution in [0.25, 0.3) is 0 Å². The highest BCUT2D eigenvalue weighted by molar-refractivity contribution is 5.79. The Morgan fingerprint density at radius 1 is 1.35 bits per heavy atom. The second-order valence-electron chi connectivity index (χ2n) is 5.54. The summed E-state index contributed by atoms with van der Waals surface area (Å²) < 4.78 is 0. The van der Waals surface area contributed by atoms with Gasteiger partial charge in [-0.15, -0.1) is 0 Å². The third-order valence-corrected chi connectivity index (χ3v) is 4.24. The highest BCUT2D eigenvalue weighted by Crippen LogP contribution is 2.23. The number of nitrogens with two attached hydrogens (primary N) is 1. The van der Waals surface area contributed by atoms with Crippen LogP contribution in [0.15, 0.2) is 0 Å². The number of nitrogens with one attached hydrogen (secondary N) is 1. The number of carbonyl (C=O) groups is 1. The van der Waals surface area contributed by atoms with E-state index in [9.17, 15) is 4.79 Å². The van der Waals surface area contributed by atoms with Gasteiger partial charge in [0.1, 0.15) is 0 Å². The molecule has 2 fully saturated rings. The maximum atomic E-state index is 12.0. The first-order chi connectivity index (χ1) is 8.18. The van der Waals surface area contributed by atoms with E-state index < -0.39 is 0 Å². The Balaban J connectivity index is 1.71. The summed E-state index contributed by atoms with van der Waals surface area (Å²) in [5.74, 6) is 0.224. The monoisotopic (exact) mass is 239 g/mol. The second-order valence-corrected chi connectivity index (χ2v) is 5.54. The van der Waals surface area contributed by atoms with Crippen molar-refractivity contribution in [1.29, 1.82) is 0 Å². The molecule has 1 aliphatic heterocycles.